The second-order valence-corrected chi connectivity index (χ2v) is 6.05. The Bertz CT molecular complexity index is 707. The van der Waals surface area contributed by atoms with E-state index in [1.165, 1.54) is 36.1 Å². The van der Waals surface area contributed by atoms with Gasteiger partial charge in [0, 0.05) is 25.2 Å². The van der Waals surface area contributed by atoms with Crippen molar-refractivity contribution in [3.8, 4) is 0 Å². The highest BCUT2D eigenvalue weighted by Crippen LogP contribution is 2.25. The quantitative estimate of drug-likeness (QED) is 0.642. The second-order valence-electron chi connectivity index (χ2n) is 6.05. The SMILES string of the molecule is C[C@H](NC(=O)[C@@H]1CC(=O)N(c2ccc(F)cc2)C1)C(=O)NCCC(=O)O. The molecule has 3 N–H and O–H groups in total. The van der Waals surface area contributed by atoms with Crippen LogP contribution in [0.15, 0.2) is 24.3 Å². The van der Waals surface area contributed by atoms with Gasteiger partial charge in [-0.25, -0.2) is 4.39 Å². The van der Waals surface area contributed by atoms with Gasteiger partial charge in [0.15, 0.2) is 0 Å². The number of aliphatic carboxylic acids is 1. The topological polar surface area (TPSA) is 116 Å². The second kappa shape index (κ2) is 8.41. The fourth-order valence-corrected chi connectivity index (χ4v) is 2.60. The van der Waals surface area contributed by atoms with Crippen molar-refractivity contribution in [3.63, 3.8) is 0 Å². The maximum absolute atomic E-state index is 13.0. The largest absolute Gasteiger partial charge is 0.481 e. The van der Waals surface area contributed by atoms with Gasteiger partial charge < -0.3 is 20.6 Å². The van der Waals surface area contributed by atoms with Crippen LogP contribution in [0.3, 0.4) is 0 Å². The molecule has 0 bridgehead atoms. The smallest absolute Gasteiger partial charge is 0.305 e. The van der Waals surface area contributed by atoms with E-state index in [1.807, 2.05) is 0 Å². The summed E-state index contributed by atoms with van der Waals surface area (Å²) in [7, 11) is 0. The van der Waals surface area contributed by atoms with E-state index in [2.05, 4.69) is 10.6 Å². The normalized spacial score (nSPS) is 17.7. The van der Waals surface area contributed by atoms with Gasteiger partial charge in [0.05, 0.1) is 12.3 Å². The molecule has 1 aliphatic heterocycles. The van der Waals surface area contributed by atoms with E-state index in [0.717, 1.165) is 0 Å². The summed E-state index contributed by atoms with van der Waals surface area (Å²) in [6, 6.07) is 4.54. The fraction of sp³-hybridized carbons (Fsp3) is 0.412. The molecule has 0 spiro atoms. The van der Waals surface area contributed by atoms with Crippen LogP contribution in [0, 0.1) is 11.7 Å². The number of halogens is 1. The van der Waals surface area contributed by atoms with Crippen LogP contribution in [0.4, 0.5) is 10.1 Å². The molecule has 0 aromatic heterocycles. The standard InChI is InChI=1S/C17H20FN3O5/c1-10(16(25)19-7-6-15(23)24)20-17(26)11-8-14(22)21(9-11)13-4-2-12(18)3-5-13/h2-5,10-11H,6-9H2,1H3,(H,19,25)(H,20,26)(H,23,24)/t10-,11+/m0/s1. The number of carbonyl (C=O) groups is 4. The Morgan fingerprint density at radius 3 is 2.58 bits per heavy atom. The Hall–Kier alpha value is -2.97. The first kappa shape index (κ1) is 19.4. The zero-order valence-corrected chi connectivity index (χ0v) is 14.2. The Morgan fingerprint density at radius 1 is 1.31 bits per heavy atom. The summed E-state index contributed by atoms with van der Waals surface area (Å²) in [6.07, 6.45) is -0.216. The Kier molecular flexibility index (Phi) is 6.26. The van der Waals surface area contributed by atoms with Crippen LogP contribution < -0.4 is 15.5 Å². The minimum absolute atomic E-state index is 0.00341. The van der Waals surface area contributed by atoms with Gasteiger partial charge in [0.2, 0.25) is 17.7 Å². The van der Waals surface area contributed by atoms with E-state index in [9.17, 15) is 23.6 Å². The summed E-state index contributed by atoms with van der Waals surface area (Å²) in [5, 5.41) is 13.5. The molecule has 0 unspecified atom stereocenters. The predicted octanol–water partition coefficient (Wildman–Crippen LogP) is 0.274. The van der Waals surface area contributed by atoms with Crippen molar-refractivity contribution in [2.24, 2.45) is 5.92 Å². The van der Waals surface area contributed by atoms with Gasteiger partial charge in [0.25, 0.3) is 0 Å². The summed E-state index contributed by atoms with van der Waals surface area (Å²) >= 11 is 0. The van der Waals surface area contributed by atoms with Crippen molar-refractivity contribution in [3.05, 3.63) is 30.1 Å². The molecule has 1 fully saturated rings. The number of benzene rings is 1. The van der Waals surface area contributed by atoms with Crippen LogP contribution in [-0.4, -0.2) is 47.9 Å². The highest BCUT2D eigenvalue weighted by atomic mass is 19.1. The predicted molar refractivity (Wildman–Crippen MR) is 89.7 cm³/mol. The first-order valence-electron chi connectivity index (χ1n) is 8.13. The lowest BCUT2D eigenvalue weighted by Gasteiger charge is -2.18. The van der Waals surface area contributed by atoms with Crippen molar-refractivity contribution in [2.45, 2.75) is 25.8 Å². The number of carbonyl (C=O) groups excluding carboxylic acids is 3. The molecule has 0 aliphatic carbocycles. The number of nitrogens with zero attached hydrogens (tertiary/aromatic N) is 1. The third-order valence-corrected chi connectivity index (χ3v) is 4.02. The number of rotatable bonds is 7. The van der Waals surface area contributed by atoms with E-state index < -0.39 is 35.6 Å². The number of anilines is 1. The number of carboxylic acids is 1. The van der Waals surface area contributed by atoms with Gasteiger partial charge in [-0.3, -0.25) is 19.2 Å². The van der Waals surface area contributed by atoms with Gasteiger partial charge in [-0.1, -0.05) is 0 Å². The maximum atomic E-state index is 13.0. The highest BCUT2D eigenvalue weighted by molar-refractivity contribution is 6.01. The lowest BCUT2D eigenvalue weighted by molar-refractivity contribution is -0.137. The lowest BCUT2D eigenvalue weighted by atomic mass is 10.1. The van der Waals surface area contributed by atoms with Gasteiger partial charge in [-0.05, 0) is 31.2 Å². The van der Waals surface area contributed by atoms with Crippen LogP contribution >= 0.6 is 0 Å². The molecule has 1 heterocycles. The molecule has 0 radical (unpaired) electrons. The van der Waals surface area contributed by atoms with Crippen LogP contribution in [0.2, 0.25) is 0 Å². The van der Waals surface area contributed by atoms with Gasteiger partial charge in [-0.15, -0.1) is 0 Å². The number of hydrogen-bond acceptors (Lipinski definition) is 4. The third kappa shape index (κ3) is 5.01. The van der Waals surface area contributed by atoms with E-state index >= 15 is 0 Å². The third-order valence-electron chi connectivity index (χ3n) is 4.02. The number of amides is 3. The van der Waals surface area contributed by atoms with Gasteiger partial charge in [-0.2, -0.15) is 0 Å². The van der Waals surface area contributed by atoms with Crippen molar-refractivity contribution in [1.82, 2.24) is 10.6 Å². The molecule has 9 heteroatoms. The van der Waals surface area contributed by atoms with Crippen LogP contribution in [0.1, 0.15) is 19.8 Å². The zero-order chi connectivity index (χ0) is 19.3. The number of carboxylic acid groups (broad SMARTS) is 1. The molecule has 1 saturated heterocycles. The number of nitrogens with one attached hydrogen (secondary N) is 2. The van der Waals surface area contributed by atoms with E-state index in [-0.39, 0.29) is 31.8 Å². The van der Waals surface area contributed by atoms with Crippen LogP contribution in [-0.2, 0) is 19.2 Å². The number of hydrogen-bond donors (Lipinski definition) is 3. The minimum atomic E-state index is -1.03. The van der Waals surface area contributed by atoms with E-state index in [4.69, 9.17) is 5.11 Å². The van der Waals surface area contributed by atoms with Crippen molar-refractivity contribution < 1.29 is 28.7 Å². The summed E-state index contributed by atoms with van der Waals surface area (Å²) in [4.78, 5) is 48.1. The molecule has 3 amide bonds. The molecule has 26 heavy (non-hydrogen) atoms. The Labute approximate surface area is 149 Å². The molecule has 8 nitrogen and oxygen atoms in total. The Morgan fingerprint density at radius 2 is 1.96 bits per heavy atom. The average molecular weight is 365 g/mol. The molecule has 1 aliphatic rings. The molecule has 2 rings (SSSR count). The maximum Gasteiger partial charge on any atom is 0.305 e. The molecule has 140 valence electrons. The molecule has 1 aromatic carbocycles. The monoisotopic (exact) mass is 365 g/mol. The molecule has 0 saturated carbocycles. The van der Waals surface area contributed by atoms with E-state index in [0.29, 0.717) is 5.69 Å². The fourth-order valence-electron chi connectivity index (χ4n) is 2.60. The van der Waals surface area contributed by atoms with Gasteiger partial charge >= 0.3 is 5.97 Å². The first-order valence-corrected chi connectivity index (χ1v) is 8.13. The zero-order valence-electron chi connectivity index (χ0n) is 14.2. The molecular weight excluding hydrogens is 345 g/mol. The Balaban J connectivity index is 1.88. The first-order chi connectivity index (χ1) is 12.3. The summed E-state index contributed by atoms with van der Waals surface area (Å²) in [5.74, 6) is -3.27. The molecule has 1 aromatic rings. The van der Waals surface area contributed by atoms with Crippen molar-refractivity contribution in [2.75, 3.05) is 18.0 Å². The molecular formula is C17H20FN3O5. The summed E-state index contributed by atoms with van der Waals surface area (Å²) < 4.78 is 13.0. The minimum Gasteiger partial charge on any atom is -0.481 e. The van der Waals surface area contributed by atoms with E-state index in [1.54, 1.807) is 0 Å². The average Bonchev–Trinajstić information content (AvgIpc) is 2.97. The van der Waals surface area contributed by atoms with Crippen molar-refractivity contribution in [1.29, 1.82) is 0 Å². The highest BCUT2D eigenvalue weighted by Gasteiger charge is 2.36. The summed E-state index contributed by atoms with van der Waals surface area (Å²) in [6.45, 7) is 1.58. The van der Waals surface area contributed by atoms with Crippen molar-refractivity contribution >= 4 is 29.4 Å². The van der Waals surface area contributed by atoms with Gasteiger partial charge in [0.1, 0.15) is 11.9 Å². The lowest BCUT2D eigenvalue weighted by Crippen LogP contribution is -2.47. The molecule has 2 atom stereocenters. The summed E-state index contributed by atoms with van der Waals surface area (Å²) in [5.41, 5.74) is 0.506. The van der Waals surface area contributed by atoms with Crippen LogP contribution in [0.5, 0.6) is 0 Å². The van der Waals surface area contributed by atoms with Crippen LogP contribution in [0.25, 0.3) is 0 Å².